The van der Waals surface area contributed by atoms with Gasteiger partial charge in [0.25, 0.3) is 0 Å². The number of aliphatic hydroxyl groups is 1. The van der Waals surface area contributed by atoms with Gasteiger partial charge in [-0.1, -0.05) is 13.8 Å². The van der Waals surface area contributed by atoms with Crippen LogP contribution in [0.1, 0.15) is 46.0 Å². The van der Waals surface area contributed by atoms with Crippen molar-refractivity contribution in [3.63, 3.8) is 0 Å². The van der Waals surface area contributed by atoms with Crippen LogP contribution in [0.3, 0.4) is 0 Å². The van der Waals surface area contributed by atoms with Gasteiger partial charge in [-0.3, -0.25) is 19.7 Å². The van der Waals surface area contributed by atoms with Crippen molar-refractivity contribution < 1.29 is 19.5 Å². The first kappa shape index (κ1) is 18.8. The number of rotatable bonds is 3. The normalized spacial score (nSPS) is 32.3. The summed E-state index contributed by atoms with van der Waals surface area (Å²) in [6.07, 6.45) is 1.72. The van der Waals surface area contributed by atoms with Crippen LogP contribution in [0, 0.1) is 23.7 Å². The molecule has 6 heteroatoms. The molecule has 0 bridgehead atoms. The van der Waals surface area contributed by atoms with E-state index in [1.807, 2.05) is 6.92 Å². The fourth-order valence-electron chi connectivity index (χ4n) is 3.60. The van der Waals surface area contributed by atoms with E-state index >= 15 is 0 Å². The van der Waals surface area contributed by atoms with Gasteiger partial charge in [-0.15, -0.1) is 0 Å². The molecule has 1 saturated heterocycles. The summed E-state index contributed by atoms with van der Waals surface area (Å²) in [7, 11) is 0. The van der Waals surface area contributed by atoms with Gasteiger partial charge < -0.3 is 5.11 Å². The van der Waals surface area contributed by atoms with Gasteiger partial charge in [-0.05, 0) is 31.1 Å². The molecule has 2 N–H and O–H groups in total. The Morgan fingerprint density at radius 1 is 1.14 bits per heavy atom. The van der Waals surface area contributed by atoms with Gasteiger partial charge in [-0.2, -0.15) is 0 Å². The number of nitrogens with one attached hydrogen (secondary N) is 1. The summed E-state index contributed by atoms with van der Waals surface area (Å²) in [5.74, 6) is -0.499. The van der Waals surface area contributed by atoms with Crippen molar-refractivity contribution in [3.8, 4) is 0 Å². The van der Waals surface area contributed by atoms with Crippen molar-refractivity contribution in [1.82, 2.24) is 5.32 Å². The minimum absolute atomic E-state index is 0. The zero-order valence-corrected chi connectivity index (χ0v) is 12.1. The molecule has 2 amide bonds. The van der Waals surface area contributed by atoms with Crippen molar-refractivity contribution in [1.29, 1.82) is 0 Å². The average Bonchev–Trinajstić information content (AvgIpc) is 2.32. The number of ketones is 1. The predicted molar refractivity (Wildman–Crippen MR) is 79.7 cm³/mol. The average molecular weight is 305 g/mol. The molecular formula is C15H24NNaO4. The summed E-state index contributed by atoms with van der Waals surface area (Å²) in [6, 6.07) is 0. The molecule has 0 spiro atoms. The Hall–Kier alpha value is -0.230. The van der Waals surface area contributed by atoms with Gasteiger partial charge in [0.2, 0.25) is 11.8 Å². The van der Waals surface area contributed by atoms with Crippen molar-refractivity contribution in [2.75, 3.05) is 0 Å². The van der Waals surface area contributed by atoms with Gasteiger partial charge >= 0.3 is 29.6 Å². The van der Waals surface area contributed by atoms with Gasteiger partial charge in [-0.25, -0.2) is 0 Å². The second kappa shape index (κ2) is 7.86. The number of carbonyl (C=O) groups is 3. The Bertz CT molecular complexity index is 410. The van der Waals surface area contributed by atoms with Crippen LogP contribution in [0.2, 0.25) is 0 Å². The summed E-state index contributed by atoms with van der Waals surface area (Å²) in [6.45, 7) is 4.01. The Labute approximate surface area is 147 Å². The number of piperidine rings is 1. The molecule has 114 valence electrons. The Morgan fingerprint density at radius 2 is 1.71 bits per heavy atom. The molecular weight excluding hydrogens is 281 g/mol. The van der Waals surface area contributed by atoms with E-state index in [1.54, 1.807) is 0 Å². The Balaban J connectivity index is 0.00000220. The molecule has 0 aromatic carbocycles. The monoisotopic (exact) mass is 305 g/mol. The number of hydrogen-bond donors (Lipinski definition) is 2. The van der Waals surface area contributed by atoms with Gasteiger partial charge in [0.1, 0.15) is 5.78 Å². The zero-order chi connectivity index (χ0) is 14.9. The van der Waals surface area contributed by atoms with Gasteiger partial charge in [0.05, 0.1) is 6.10 Å². The fraction of sp³-hybridized carbons (Fsp3) is 0.800. The predicted octanol–water partition coefficient (Wildman–Crippen LogP) is 0.393. The summed E-state index contributed by atoms with van der Waals surface area (Å²) in [5, 5.41) is 12.6. The van der Waals surface area contributed by atoms with Crippen molar-refractivity contribution in [2.45, 2.75) is 52.1 Å². The van der Waals surface area contributed by atoms with E-state index in [4.69, 9.17) is 0 Å². The molecule has 1 aliphatic heterocycles. The van der Waals surface area contributed by atoms with Gasteiger partial charge in [0, 0.05) is 24.7 Å². The topological polar surface area (TPSA) is 83.5 Å². The SMILES string of the molecule is C[C@@H]1C[C@@H]([C@H](O)CC2CC(=O)NC(=O)C2)C(=O)[C@@H](C)C1.[NaH]. The third-order valence-electron chi connectivity index (χ3n) is 4.53. The van der Waals surface area contributed by atoms with E-state index in [0.717, 1.165) is 6.42 Å². The quantitative estimate of drug-likeness (QED) is 0.584. The van der Waals surface area contributed by atoms with Crippen molar-refractivity contribution in [3.05, 3.63) is 0 Å². The van der Waals surface area contributed by atoms with E-state index in [2.05, 4.69) is 12.2 Å². The van der Waals surface area contributed by atoms with Crippen LogP contribution < -0.4 is 5.32 Å². The van der Waals surface area contributed by atoms with E-state index in [-0.39, 0.29) is 77.8 Å². The Kier molecular flexibility index (Phi) is 7.04. The maximum atomic E-state index is 12.2. The van der Waals surface area contributed by atoms with E-state index < -0.39 is 6.10 Å². The first-order chi connectivity index (χ1) is 9.36. The minimum atomic E-state index is -0.739. The van der Waals surface area contributed by atoms with E-state index in [0.29, 0.717) is 18.8 Å². The number of Topliss-reactive ketones (excluding diaryl/α,β-unsaturated/α-hetero) is 1. The van der Waals surface area contributed by atoms with Crippen LogP contribution in [0.15, 0.2) is 0 Å². The summed E-state index contributed by atoms with van der Waals surface area (Å²) in [5.41, 5.74) is 0. The van der Waals surface area contributed by atoms with Crippen LogP contribution in [-0.4, -0.2) is 58.4 Å². The third kappa shape index (κ3) is 4.88. The fourth-order valence-corrected chi connectivity index (χ4v) is 3.60. The zero-order valence-electron chi connectivity index (χ0n) is 12.1. The first-order valence-electron chi connectivity index (χ1n) is 7.41. The molecule has 1 heterocycles. The van der Waals surface area contributed by atoms with Crippen LogP contribution in [-0.2, 0) is 14.4 Å². The van der Waals surface area contributed by atoms with Crippen LogP contribution in [0.25, 0.3) is 0 Å². The van der Waals surface area contributed by atoms with Crippen LogP contribution in [0.4, 0.5) is 0 Å². The molecule has 0 aromatic rings. The number of carbonyl (C=O) groups excluding carboxylic acids is 3. The molecule has 1 saturated carbocycles. The Morgan fingerprint density at radius 3 is 2.29 bits per heavy atom. The van der Waals surface area contributed by atoms with Crippen LogP contribution in [0.5, 0.6) is 0 Å². The molecule has 1 aliphatic carbocycles. The summed E-state index contributed by atoms with van der Waals surface area (Å²) < 4.78 is 0. The summed E-state index contributed by atoms with van der Waals surface area (Å²) in [4.78, 5) is 34.8. The molecule has 0 aromatic heterocycles. The maximum absolute atomic E-state index is 12.2. The third-order valence-corrected chi connectivity index (χ3v) is 4.53. The first-order valence-corrected chi connectivity index (χ1v) is 7.41. The standard InChI is InChI=1S/C15H23NO4.Na.H/c1-8-3-9(2)15(20)11(4-8)12(17)5-10-6-13(18)16-14(19)7-10;;/h8-12,17H,3-7H2,1-2H3,(H,16,18,19);;/t8-,9-,11-,12+;;/m0../s1. The van der Waals surface area contributed by atoms with Gasteiger partial charge in [0.15, 0.2) is 0 Å². The second-order valence-electron chi connectivity index (χ2n) is 6.54. The molecule has 0 radical (unpaired) electrons. The number of amides is 2. The molecule has 5 nitrogen and oxygen atoms in total. The molecule has 21 heavy (non-hydrogen) atoms. The number of imide groups is 1. The van der Waals surface area contributed by atoms with E-state index in [9.17, 15) is 19.5 Å². The van der Waals surface area contributed by atoms with Crippen molar-refractivity contribution in [2.24, 2.45) is 23.7 Å². The molecule has 4 atom stereocenters. The molecule has 2 aliphatic rings. The summed E-state index contributed by atoms with van der Waals surface area (Å²) >= 11 is 0. The molecule has 2 rings (SSSR count). The molecule has 2 fully saturated rings. The number of aliphatic hydroxyl groups excluding tert-OH is 1. The molecule has 0 unspecified atom stereocenters. The number of hydrogen-bond acceptors (Lipinski definition) is 4. The second-order valence-corrected chi connectivity index (χ2v) is 6.54. The van der Waals surface area contributed by atoms with E-state index in [1.165, 1.54) is 0 Å². The van der Waals surface area contributed by atoms with Crippen LogP contribution >= 0.6 is 0 Å². The van der Waals surface area contributed by atoms with Crippen molar-refractivity contribution >= 4 is 47.2 Å².